The van der Waals surface area contributed by atoms with E-state index in [4.69, 9.17) is 14.2 Å². The van der Waals surface area contributed by atoms with Crippen molar-refractivity contribution in [2.75, 3.05) is 6.61 Å². The van der Waals surface area contributed by atoms with Crippen LogP contribution < -0.4 is 4.74 Å². The second kappa shape index (κ2) is 9.59. The zero-order chi connectivity index (χ0) is 21.7. The van der Waals surface area contributed by atoms with E-state index >= 15 is 0 Å². The third-order valence-electron chi connectivity index (χ3n) is 4.45. The van der Waals surface area contributed by atoms with Crippen LogP contribution in [0.25, 0.3) is 6.08 Å². The van der Waals surface area contributed by atoms with Gasteiger partial charge in [0.05, 0.1) is 0 Å². The molecule has 0 aliphatic carbocycles. The van der Waals surface area contributed by atoms with Crippen LogP contribution in [-0.2, 0) is 14.3 Å². The quantitative estimate of drug-likeness (QED) is 0.335. The molecule has 9 heteroatoms. The topological polar surface area (TPSA) is 146 Å². The van der Waals surface area contributed by atoms with Crippen molar-refractivity contribution in [1.82, 2.24) is 0 Å². The van der Waals surface area contributed by atoms with Crippen LogP contribution in [0, 0.1) is 0 Å². The molecule has 1 aliphatic heterocycles. The lowest BCUT2D eigenvalue weighted by molar-refractivity contribution is -0.278. The second-order valence-electron chi connectivity index (χ2n) is 6.68. The predicted octanol–water partition coefficient (Wildman–Crippen LogP) is 0.541. The smallest absolute Gasteiger partial charge is 0.330 e. The molecule has 2 aromatic rings. The van der Waals surface area contributed by atoms with Gasteiger partial charge in [0.1, 0.15) is 48.3 Å². The summed E-state index contributed by atoms with van der Waals surface area (Å²) in [5.74, 6) is -0.334. The van der Waals surface area contributed by atoms with Gasteiger partial charge in [0.15, 0.2) is 0 Å². The molecule has 1 saturated heterocycles. The fourth-order valence-electron chi connectivity index (χ4n) is 2.77. The monoisotopic (exact) mass is 418 g/mol. The third kappa shape index (κ3) is 5.49. The molecule has 0 unspecified atom stereocenters. The maximum Gasteiger partial charge on any atom is 0.330 e. The van der Waals surface area contributed by atoms with E-state index in [9.17, 15) is 30.3 Å². The Hall–Kier alpha value is -3.11. The number of carbonyl (C=O) groups excluding carboxylic acids is 1. The Morgan fingerprint density at radius 2 is 1.50 bits per heavy atom. The highest BCUT2D eigenvalue weighted by atomic mass is 16.7. The molecule has 1 aliphatic rings. The van der Waals surface area contributed by atoms with Crippen LogP contribution in [-0.4, -0.2) is 68.8 Å². The zero-order valence-electron chi connectivity index (χ0n) is 15.7. The van der Waals surface area contributed by atoms with Crippen LogP contribution in [0.15, 0.2) is 54.6 Å². The van der Waals surface area contributed by atoms with Gasteiger partial charge in [0, 0.05) is 6.08 Å². The zero-order valence-corrected chi connectivity index (χ0v) is 15.7. The Labute approximate surface area is 172 Å². The molecule has 0 radical (unpaired) electrons. The standard InChI is InChI=1S/C21H22O9/c22-13-4-1-12(2-5-13)3-10-17(24)28-11-16-18(25)19(26)20(27)21(30-16)29-15-8-6-14(23)7-9-15/h1-10,16,18-23,25-27H,11H2/b10-3-/t16-,18-,19+,20-,21-/m1/s1. The van der Waals surface area contributed by atoms with Gasteiger partial charge in [-0.15, -0.1) is 0 Å². The summed E-state index contributed by atoms with van der Waals surface area (Å²) in [5.41, 5.74) is 0.666. The Balaban J connectivity index is 1.57. The van der Waals surface area contributed by atoms with Crippen molar-refractivity contribution < 1.29 is 44.5 Å². The number of hydrogen-bond acceptors (Lipinski definition) is 9. The van der Waals surface area contributed by atoms with Crippen molar-refractivity contribution in [3.63, 3.8) is 0 Å². The normalized spacial score (nSPS) is 26.4. The summed E-state index contributed by atoms with van der Waals surface area (Å²) in [6.45, 7) is -0.390. The van der Waals surface area contributed by atoms with E-state index in [1.165, 1.54) is 42.5 Å². The first-order valence-electron chi connectivity index (χ1n) is 9.12. The van der Waals surface area contributed by atoms with Gasteiger partial charge in [-0.2, -0.15) is 0 Å². The highest BCUT2D eigenvalue weighted by molar-refractivity contribution is 5.87. The Morgan fingerprint density at radius 1 is 0.900 bits per heavy atom. The van der Waals surface area contributed by atoms with E-state index in [0.717, 1.165) is 6.08 Å². The number of hydrogen-bond donors (Lipinski definition) is 5. The molecule has 160 valence electrons. The van der Waals surface area contributed by atoms with Crippen LogP contribution in [0.2, 0.25) is 0 Å². The molecule has 1 fully saturated rings. The molecule has 5 atom stereocenters. The van der Waals surface area contributed by atoms with Crippen LogP contribution in [0.1, 0.15) is 5.56 Å². The molecule has 5 N–H and O–H groups in total. The van der Waals surface area contributed by atoms with Gasteiger partial charge in [-0.05, 0) is 48.0 Å². The largest absolute Gasteiger partial charge is 0.508 e. The van der Waals surface area contributed by atoms with Gasteiger partial charge in [-0.1, -0.05) is 12.1 Å². The van der Waals surface area contributed by atoms with E-state index in [-0.39, 0.29) is 23.9 Å². The molecule has 0 spiro atoms. The van der Waals surface area contributed by atoms with Crippen molar-refractivity contribution in [1.29, 1.82) is 0 Å². The summed E-state index contributed by atoms with van der Waals surface area (Å²) in [7, 11) is 0. The molecule has 9 nitrogen and oxygen atoms in total. The summed E-state index contributed by atoms with van der Waals surface area (Å²) >= 11 is 0. The van der Waals surface area contributed by atoms with E-state index < -0.39 is 36.7 Å². The molecule has 3 rings (SSSR count). The minimum atomic E-state index is -1.59. The van der Waals surface area contributed by atoms with Gasteiger partial charge in [0.2, 0.25) is 6.29 Å². The number of aliphatic hydroxyl groups excluding tert-OH is 3. The van der Waals surface area contributed by atoms with Crippen molar-refractivity contribution in [2.24, 2.45) is 0 Å². The van der Waals surface area contributed by atoms with E-state index in [1.54, 1.807) is 12.1 Å². The number of rotatable bonds is 6. The number of phenols is 2. The number of benzene rings is 2. The summed E-state index contributed by atoms with van der Waals surface area (Å²) in [6, 6.07) is 11.8. The van der Waals surface area contributed by atoms with Gasteiger partial charge in [0.25, 0.3) is 0 Å². The van der Waals surface area contributed by atoms with E-state index in [1.807, 2.05) is 0 Å². The van der Waals surface area contributed by atoms with Crippen molar-refractivity contribution >= 4 is 12.0 Å². The average molecular weight is 418 g/mol. The first kappa shape index (κ1) is 21.6. The van der Waals surface area contributed by atoms with Crippen LogP contribution in [0.5, 0.6) is 17.2 Å². The second-order valence-corrected chi connectivity index (χ2v) is 6.68. The number of aromatic hydroxyl groups is 2. The maximum absolute atomic E-state index is 11.9. The lowest BCUT2D eigenvalue weighted by Gasteiger charge is -2.39. The maximum atomic E-state index is 11.9. The summed E-state index contributed by atoms with van der Waals surface area (Å²) < 4.78 is 16.0. The lowest BCUT2D eigenvalue weighted by atomic mass is 9.99. The Morgan fingerprint density at radius 3 is 2.13 bits per heavy atom. The fraction of sp³-hybridized carbons (Fsp3) is 0.286. The average Bonchev–Trinajstić information content (AvgIpc) is 2.74. The van der Waals surface area contributed by atoms with Gasteiger partial charge in [-0.25, -0.2) is 4.79 Å². The van der Waals surface area contributed by atoms with Crippen LogP contribution >= 0.6 is 0 Å². The fourth-order valence-corrected chi connectivity index (χ4v) is 2.77. The summed E-state index contributed by atoms with van der Waals surface area (Å²) in [4.78, 5) is 11.9. The minimum Gasteiger partial charge on any atom is -0.508 e. The Kier molecular flexibility index (Phi) is 6.91. The van der Waals surface area contributed by atoms with E-state index in [0.29, 0.717) is 5.56 Å². The summed E-state index contributed by atoms with van der Waals surface area (Å²) in [6.07, 6.45) is -4.46. The van der Waals surface area contributed by atoms with Crippen LogP contribution in [0.4, 0.5) is 0 Å². The molecule has 0 saturated carbocycles. The van der Waals surface area contributed by atoms with Crippen LogP contribution in [0.3, 0.4) is 0 Å². The van der Waals surface area contributed by atoms with Crippen molar-refractivity contribution in [3.8, 4) is 17.2 Å². The third-order valence-corrected chi connectivity index (χ3v) is 4.45. The Bertz CT molecular complexity index is 863. The molecule has 0 amide bonds. The molecular formula is C21H22O9. The molecule has 0 aromatic heterocycles. The number of aliphatic hydroxyl groups is 3. The van der Waals surface area contributed by atoms with Crippen molar-refractivity contribution in [3.05, 3.63) is 60.2 Å². The van der Waals surface area contributed by atoms with Gasteiger partial charge in [-0.3, -0.25) is 0 Å². The first-order valence-corrected chi connectivity index (χ1v) is 9.12. The lowest BCUT2D eigenvalue weighted by Crippen LogP contribution is -2.60. The molecule has 30 heavy (non-hydrogen) atoms. The van der Waals surface area contributed by atoms with Gasteiger partial charge < -0.3 is 39.7 Å². The number of esters is 1. The molecule has 2 aromatic carbocycles. The highest BCUT2D eigenvalue weighted by Gasteiger charge is 2.45. The highest BCUT2D eigenvalue weighted by Crippen LogP contribution is 2.25. The molecular weight excluding hydrogens is 396 g/mol. The number of phenolic OH excluding ortho intramolecular Hbond substituents is 2. The minimum absolute atomic E-state index is 0.0214. The summed E-state index contributed by atoms with van der Waals surface area (Å²) in [5, 5.41) is 48.8. The molecule has 1 heterocycles. The van der Waals surface area contributed by atoms with E-state index in [2.05, 4.69) is 0 Å². The molecule has 0 bridgehead atoms. The first-order chi connectivity index (χ1) is 14.3. The van der Waals surface area contributed by atoms with Gasteiger partial charge >= 0.3 is 5.97 Å². The number of ether oxygens (including phenoxy) is 3. The SMILES string of the molecule is O=C(/C=C\c1ccc(O)cc1)OC[C@H]1O[C@@H](Oc2ccc(O)cc2)[C@H](O)[C@@H](O)[C@@H]1O. The number of carbonyl (C=O) groups is 1. The van der Waals surface area contributed by atoms with Crippen molar-refractivity contribution in [2.45, 2.75) is 30.7 Å². The predicted molar refractivity (Wildman–Crippen MR) is 104 cm³/mol.